The van der Waals surface area contributed by atoms with Crippen LogP contribution in [0.2, 0.25) is 0 Å². The number of carbonyl (C=O) groups excluding carboxylic acids is 2. The van der Waals surface area contributed by atoms with Gasteiger partial charge in [-0.2, -0.15) is 0 Å². The van der Waals surface area contributed by atoms with Crippen molar-refractivity contribution in [3.05, 3.63) is 35.9 Å². The highest BCUT2D eigenvalue weighted by molar-refractivity contribution is 5.87. The number of nitrogens with zero attached hydrogens (tertiary/aromatic N) is 1. The molecule has 1 aromatic rings. The highest BCUT2D eigenvalue weighted by atomic mass is 16.5. The Balaban J connectivity index is 2.76. The SMILES string of the molecule is CCCC(=O)N(Cc1ccccc1)[C@@H](C)C(=O)NCCOC. The van der Waals surface area contributed by atoms with Crippen molar-refractivity contribution in [1.82, 2.24) is 10.2 Å². The predicted molar refractivity (Wildman–Crippen MR) is 86.2 cm³/mol. The second-order valence-electron chi connectivity index (χ2n) is 5.22. The Morgan fingerprint density at radius 1 is 1.27 bits per heavy atom. The zero-order chi connectivity index (χ0) is 16.4. The lowest BCUT2D eigenvalue weighted by Crippen LogP contribution is -2.48. The molecule has 5 heteroatoms. The molecule has 1 rings (SSSR count). The highest BCUT2D eigenvalue weighted by Gasteiger charge is 2.25. The van der Waals surface area contributed by atoms with Gasteiger partial charge in [-0.3, -0.25) is 9.59 Å². The number of hydrogen-bond donors (Lipinski definition) is 1. The van der Waals surface area contributed by atoms with Gasteiger partial charge in [0.05, 0.1) is 6.61 Å². The van der Waals surface area contributed by atoms with E-state index in [4.69, 9.17) is 4.74 Å². The third-order valence-electron chi connectivity index (χ3n) is 3.43. The molecule has 0 bridgehead atoms. The van der Waals surface area contributed by atoms with E-state index < -0.39 is 6.04 Å². The molecule has 0 aromatic heterocycles. The molecule has 0 aliphatic rings. The lowest BCUT2D eigenvalue weighted by atomic mass is 10.1. The summed E-state index contributed by atoms with van der Waals surface area (Å²) in [5.74, 6) is -0.154. The number of benzene rings is 1. The van der Waals surface area contributed by atoms with Crippen LogP contribution in [0.5, 0.6) is 0 Å². The fourth-order valence-electron chi connectivity index (χ4n) is 2.14. The van der Waals surface area contributed by atoms with Crippen LogP contribution in [-0.2, 0) is 20.9 Å². The number of carbonyl (C=O) groups is 2. The zero-order valence-corrected chi connectivity index (χ0v) is 13.7. The molecule has 5 nitrogen and oxygen atoms in total. The molecule has 22 heavy (non-hydrogen) atoms. The van der Waals surface area contributed by atoms with Gasteiger partial charge >= 0.3 is 0 Å². The van der Waals surface area contributed by atoms with Crippen molar-refractivity contribution in [2.24, 2.45) is 0 Å². The highest BCUT2D eigenvalue weighted by Crippen LogP contribution is 2.11. The summed E-state index contributed by atoms with van der Waals surface area (Å²) in [4.78, 5) is 26.2. The first-order chi connectivity index (χ1) is 10.6. The standard InChI is InChI=1S/C17H26N2O3/c1-4-8-16(20)19(13-15-9-6-5-7-10-15)14(2)17(21)18-11-12-22-3/h5-7,9-10,14H,4,8,11-13H2,1-3H3,(H,18,21)/t14-/m0/s1. The van der Waals surface area contributed by atoms with E-state index in [0.717, 1.165) is 12.0 Å². The van der Waals surface area contributed by atoms with Gasteiger partial charge in [0.1, 0.15) is 6.04 Å². The fourth-order valence-corrected chi connectivity index (χ4v) is 2.14. The maximum Gasteiger partial charge on any atom is 0.242 e. The normalized spacial score (nSPS) is 11.8. The molecule has 0 unspecified atom stereocenters. The van der Waals surface area contributed by atoms with Gasteiger partial charge in [-0.25, -0.2) is 0 Å². The zero-order valence-electron chi connectivity index (χ0n) is 13.7. The summed E-state index contributed by atoms with van der Waals surface area (Å²) < 4.78 is 4.92. The number of methoxy groups -OCH3 is 1. The molecule has 2 amide bonds. The molecule has 1 atom stereocenters. The van der Waals surface area contributed by atoms with E-state index in [-0.39, 0.29) is 11.8 Å². The number of nitrogens with one attached hydrogen (secondary N) is 1. The van der Waals surface area contributed by atoms with Crippen LogP contribution in [0.25, 0.3) is 0 Å². The van der Waals surface area contributed by atoms with Gasteiger partial charge in [-0.15, -0.1) is 0 Å². The van der Waals surface area contributed by atoms with Crippen molar-refractivity contribution in [2.45, 2.75) is 39.3 Å². The first-order valence-corrected chi connectivity index (χ1v) is 7.70. The molecule has 1 N–H and O–H groups in total. The summed E-state index contributed by atoms with van der Waals surface area (Å²) in [5.41, 5.74) is 1.02. The van der Waals surface area contributed by atoms with E-state index >= 15 is 0 Å². The molecule has 0 aliphatic heterocycles. The molecule has 0 saturated heterocycles. The molecule has 0 heterocycles. The lowest BCUT2D eigenvalue weighted by molar-refractivity contribution is -0.140. The Morgan fingerprint density at radius 2 is 1.95 bits per heavy atom. The van der Waals surface area contributed by atoms with Crippen molar-refractivity contribution in [3.63, 3.8) is 0 Å². The Hall–Kier alpha value is -1.88. The molecule has 1 aromatic carbocycles. The number of ether oxygens (including phenoxy) is 1. The van der Waals surface area contributed by atoms with Gasteiger partial charge in [-0.1, -0.05) is 37.3 Å². The lowest BCUT2D eigenvalue weighted by Gasteiger charge is -2.28. The molecule has 122 valence electrons. The minimum absolute atomic E-state index is 0.000689. The predicted octanol–water partition coefficient (Wildman–Crippen LogP) is 1.97. The Labute approximate surface area is 132 Å². The van der Waals surface area contributed by atoms with E-state index in [2.05, 4.69) is 5.32 Å². The summed E-state index contributed by atoms with van der Waals surface area (Å²) in [6.07, 6.45) is 1.21. The molecule has 0 radical (unpaired) electrons. The fraction of sp³-hybridized carbons (Fsp3) is 0.529. The second-order valence-corrected chi connectivity index (χ2v) is 5.22. The van der Waals surface area contributed by atoms with Crippen LogP contribution in [0, 0.1) is 0 Å². The summed E-state index contributed by atoms with van der Waals surface area (Å²) in [6, 6.07) is 9.21. The molecule has 0 spiro atoms. The van der Waals surface area contributed by atoms with Crippen molar-refractivity contribution >= 4 is 11.8 Å². The van der Waals surface area contributed by atoms with Crippen LogP contribution in [-0.4, -0.2) is 43.0 Å². The van der Waals surface area contributed by atoms with Crippen molar-refractivity contribution in [2.75, 3.05) is 20.3 Å². The van der Waals surface area contributed by atoms with Crippen LogP contribution >= 0.6 is 0 Å². The minimum atomic E-state index is -0.504. The van der Waals surface area contributed by atoms with Crippen LogP contribution in [0.3, 0.4) is 0 Å². The molecular formula is C17H26N2O3. The topological polar surface area (TPSA) is 58.6 Å². The van der Waals surface area contributed by atoms with E-state index in [0.29, 0.717) is 26.1 Å². The van der Waals surface area contributed by atoms with Gasteiger partial charge in [0.25, 0.3) is 0 Å². The summed E-state index contributed by atoms with van der Waals surface area (Å²) in [6.45, 7) is 5.07. The monoisotopic (exact) mass is 306 g/mol. The number of hydrogen-bond acceptors (Lipinski definition) is 3. The van der Waals surface area contributed by atoms with Crippen molar-refractivity contribution in [1.29, 1.82) is 0 Å². The third kappa shape index (κ3) is 5.85. The first-order valence-electron chi connectivity index (χ1n) is 7.70. The van der Waals surface area contributed by atoms with E-state index in [1.807, 2.05) is 37.3 Å². The smallest absolute Gasteiger partial charge is 0.242 e. The summed E-state index contributed by atoms with van der Waals surface area (Å²) >= 11 is 0. The van der Waals surface area contributed by atoms with Crippen LogP contribution < -0.4 is 5.32 Å². The summed E-state index contributed by atoms with van der Waals surface area (Å²) in [5, 5.41) is 2.79. The molecular weight excluding hydrogens is 280 g/mol. The van der Waals surface area contributed by atoms with Gasteiger partial charge in [0.15, 0.2) is 0 Å². The molecule has 0 saturated carbocycles. The quantitative estimate of drug-likeness (QED) is 0.710. The average Bonchev–Trinajstić information content (AvgIpc) is 2.53. The van der Waals surface area contributed by atoms with Crippen LogP contribution in [0.4, 0.5) is 0 Å². The summed E-state index contributed by atoms with van der Waals surface area (Å²) in [7, 11) is 1.59. The van der Waals surface area contributed by atoms with E-state index in [1.54, 1.807) is 18.9 Å². The molecule has 0 aliphatic carbocycles. The van der Waals surface area contributed by atoms with Gasteiger partial charge in [0.2, 0.25) is 11.8 Å². The van der Waals surface area contributed by atoms with Crippen LogP contribution in [0.1, 0.15) is 32.3 Å². The third-order valence-corrected chi connectivity index (χ3v) is 3.43. The van der Waals surface area contributed by atoms with Gasteiger partial charge in [0, 0.05) is 26.6 Å². The largest absolute Gasteiger partial charge is 0.383 e. The minimum Gasteiger partial charge on any atom is -0.383 e. The Kier molecular flexibility index (Phi) is 8.22. The van der Waals surface area contributed by atoms with Crippen molar-refractivity contribution < 1.29 is 14.3 Å². The maximum absolute atomic E-state index is 12.3. The Morgan fingerprint density at radius 3 is 2.55 bits per heavy atom. The van der Waals surface area contributed by atoms with Gasteiger partial charge < -0.3 is 15.0 Å². The Bertz CT molecular complexity index is 462. The maximum atomic E-state index is 12.3. The van der Waals surface area contributed by atoms with Gasteiger partial charge in [-0.05, 0) is 18.9 Å². The second kappa shape index (κ2) is 9.95. The van der Waals surface area contributed by atoms with Crippen LogP contribution in [0.15, 0.2) is 30.3 Å². The number of rotatable bonds is 9. The first kappa shape index (κ1) is 18.2. The number of amides is 2. The van der Waals surface area contributed by atoms with E-state index in [9.17, 15) is 9.59 Å². The molecule has 0 fully saturated rings. The average molecular weight is 306 g/mol. The van der Waals surface area contributed by atoms with E-state index in [1.165, 1.54) is 0 Å². The van der Waals surface area contributed by atoms with Crippen molar-refractivity contribution in [3.8, 4) is 0 Å².